The van der Waals surface area contributed by atoms with Crippen LogP contribution in [-0.4, -0.2) is 51.2 Å². The van der Waals surface area contributed by atoms with Gasteiger partial charge in [0.15, 0.2) is 0 Å². The molecule has 0 saturated carbocycles. The van der Waals surface area contributed by atoms with Gasteiger partial charge in [0.05, 0.1) is 0 Å². The van der Waals surface area contributed by atoms with Gasteiger partial charge in [-0.1, -0.05) is 18.2 Å². The number of aromatic nitrogens is 1. The molecule has 10 heteroatoms. The van der Waals surface area contributed by atoms with Crippen molar-refractivity contribution in [3.8, 4) is 0 Å². The molecule has 1 aromatic heterocycles. The van der Waals surface area contributed by atoms with Gasteiger partial charge in [-0.05, 0) is 38.8 Å². The zero-order valence-corrected chi connectivity index (χ0v) is 18.7. The Labute approximate surface area is 186 Å². The fourth-order valence-corrected chi connectivity index (χ4v) is 3.29. The van der Waals surface area contributed by atoms with Crippen molar-refractivity contribution in [2.45, 2.75) is 57.7 Å². The number of alkyl carbamates (subject to hydrolysis) is 1. The Bertz CT molecular complexity index is 1010. The number of aryl methyl sites for hydroxylation is 1. The average Bonchev–Trinajstić information content (AvgIpc) is 2.98. The van der Waals surface area contributed by atoms with E-state index in [2.05, 4.69) is 10.6 Å². The topological polar surface area (TPSA) is 153 Å². The first-order chi connectivity index (χ1) is 14.9. The lowest BCUT2D eigenvalue weighted by Gasteiger charge is -2.24. The van der Waals surface area contributed by atoms with Crippen LogP contribution in [0, 0.1) is 0 Å². The van der Waals surface area contributed by atoms with E-state index in [0.717, 1.165) is 16.5 Å². The molecule has 3 amide bonds. The summed E-state index contributed by atoms with van der Waals surface area (Å²) in [6, 6.07) is 5.10. The standard InChI is InChI=1S/C22H30N4O6/c1-22(2,3)32-21(31)25-15(9-10-18(23)27)19(28)24-16(20(29)30)11-13-12-26(4)17-8-6-5-7-14(13)17/h5-8,12,15-16H,9-11H2,1-4H3,(H2,23,27)(H,24,28)(H,25,31)(H,29,30)/t15-,16?/m0/s1. The number of ether oxygens (including phenoxy) is 1. The molecule has 2 rings (SSSR count). The van der Waals surface area contributed by atoms with Crippen LogP contribution in [0.3, 0.4) is 0 Å². The molecule has 1 aromatic carbocycles. The van der Waals surface area contributed by atoms with Gasteiger partial charge in [0.25, 0.3) is 0 Å². The number of aliphatic carboxylic acids is 1. The summed E-state index contributed by atoms with van der Waals surface area (Å²) < 4.78 is 7.04. The number of para-hydroxylation sites is 1. The van der Waals surface area contributed by atoms with Gasteiger partial charge in [0.2, 0.25) is 11.8 Å². The number of carboxylic acids is 1. The number of primary amides is 1. The van der Waals surface area contributed by atoms with E-state index in [1.165, 1.54) is 0 Å². The van der Waals surface area contributed by atoms with E-state index in [0.29, 0.717) is 0 Å². The molecule has 5 N–H and O–H groups in total. The minimum atomic E-state index is -1.25. The molecule has 0 bridgehead atoms. The number of hydrogen-bond donors (Lipinski definition) is 4. The molecule has 2 aromatic rings. The monoisotopic (exact) mass is 446 g/mol. The van der Waals surface area contributed by atoms with Crippen molar-refractivity contribution in [3.63, 3.8) is 0 Å². The maximum Gasteiger partial charge on any atom is 0.408 e. The molecule has 10 nitrogen and oxygen atoms in total. The molecular weight excluding hydrogens is 416 g/mol. The van der Waals surface area contributed by atoms with E-state index >= 15 is 0 Å². The van der Waals surface area contributed by atoms with Gasteiger partial charge in [0.1, 0.15) is 17.7 Å². The van der Waals surface area contributed by atoms with Crippen molar-refractivity contribution in [2.75, 3.05) is 0 Å². The van der Waals surface area contributed by atoms with E-state index < -0.39 is 41.6 Å². The quantitative estimate of drug-likeness (QED) is 0.457. The number of rotatable bonds is 9. The van der Waals surface area contributed by atoms with Gasteiger partial charge in [-0.3, -0.25) is 9.59 Å². The summed E-state index contributed by atoms with van der Waals surface area (Å²) >= 11 is 0. The number of carbonyl (C=O) groups excluding carboxylic acids is 3. The first-order valence-electron chi connectivity index (χ1n) is 10.2. The Balaban J connectivity index is 2.18. The number of nitrogens with one attached hydrogen (secondary N) is 2. The summed E-state index contributed by atoms with van der Waals surface area (Å²) in [5.74, 6) is -2.62. The van der Waals surface area contributed by atoms with Gasteiger partial charge >= 0.3 is 12.1 Å². The highest BCUT2D eigenvalue weighted by Gasteiger charge is 2.29. The molecule has 2 atom stereocenters. The summed E-state index contributed by atoms with van der Waals surface area (Å²) in [6.07, 6.45) is 0.729. The Kier molecular flexibility index (Phi) is 7.85. The van der Waals surface area contributed by atoms with Crippen LogP contribution in [0.1, 0.15) is 39.2 Å². The van der Waals surface area contributed by atoms with E-state index in [9.17, 15) is 24.3 Å². The SMILES string of the molecule is Cn1cc(CC(NC(=O)[C@H](CCC(N)=O)NC(=O)OC(C)(C)C)C(=O)O)c2ccccc21. The highest BCUT2D eigenvalue weighted by atomic mass is 16.6. The number of carbonyl (C=O) groups is 4. The van der Waals surface area contributed by atoms with E-state index in [1.807, 2.05) is 42.1 Å². The predicted molar refractivity (Wildman–Crippen MR) is 118 cm³/mol. The number of fused-ring (bicyclic) bond motifs is 1. The van der Waals surface area contributed by atoms with Crippen molar-refractivity contribution in [2.24, 2.45) is 12.8 Å². The molecule has 0 aliphatic rings. The van der Waals surface area contributed by atoms with Gasteiger partial charge < -0.3 is 30.8 Å². The van der Waals surface area contributed by atoms with Gasteiger partial charge in [-0.25, -0.2) is 9.59 Å². The molecule has 0 aliphatic heterocycles. The van der Waals surface area contributed by atoms with Crippen molar-refractivity contribution < 1.29 is 29.0 Å². The maximum atomic E-state index is 12.8. The van der Waals surface area contributed by atoms with Crippen LogP contribution in [0.15, 0.2) is 30.5 Å². The number of carboxylic acid groups (broad SMARTS) is 1. The fourth-order valence-electron chi connectivity index (χ4n) is 3.29. The third kappa shape index (κ3) is 7.00. The molecular formula is C22H30N4O6. The molecule has 32 heavy (non-hydrogen) atoms. The van der Waals surface area contributed by atoms with E-state index in [1.54, 1.807) is 20.8 Å². The number of nitrogens with two attached hydrogens (primary N) is 1. The summed E-state index contributed by atoms with van der Waals surface area (Å²) in [5.41, 5.74) is 6.06. The minimum absolute atomic E-state index is 0.0391. The Morgan fingerprint density at radius 3 is 2.38 bits per heavy atom. The van der Waals surface area contributed by atoms with Crippen LogP contribution in [-0.2, 0) is 32.6 Å². The van der Waals surface area contributed by atoms with Crippen LogP contribution in [0.5, 0.6) is 0 Å². The Morgan fingerprint density at radius 1 is 1.12 bits per heavy atom. The molecule has 0 fully saturated rings. The van der Waals surface area contributed by atoms with Crippen LogP contribution < -0.4 is 16.4 Å². The molecule has 1 unspecified atom stereocenters. The molecule has 0 aliphatic carbocycles. The second-order valence-corrected chi connectivity index (χ2v) is 8.59. The summed E-state index contributed by atoms with van der Waals surface area (Å²) in [6.45, 7) is 4.99. The lowest BCUT2D eigenvalue weighted by molar-refractivity contribution is -0.142. The first kappa shape index (κ1) is 24.7. The second kappa shape index (κ2) is 10.2. The molecule has 0 spiro atoms. The van der Waals surface area contributed by atoms with Crippen molar-refractivity contribution >= 4 is 34.8 Å². The average molecular weight is 447 g/mol. The summed E-state index contributed by atoms with van der Waals surface area (Å²) in [5, 5.41) is 15.4. The smallest absolute Gasteiger partial charge is 0.408 e. The number of benzene rings is 1. The molecule has 174 valence electrons. The normalized spacial score (nSPS) is 13.2. The molecule has 0 radical (unpaired) electrons. The lowest BCUT2D eigenvalue weighted by atomic mass is 10.0. The van der Waals surface area contributed by atoms with Crippen molar-refractivity contribution in [1.29, 1.82) is 0 Å². The zero-order chi connectivity index (χ0) is 24.1. The highest BCUT2D eigenvalue weighted by Crippen LogP contribution is 2.21. The first-order valence-corrected chi connectivity index (χ1v) is 10.2. The number of amides is 3. The maximum absolute atomic E-state index is 12.8. The van der Waals surface area contributed by atoms with E-state index in [4.69, 9.17) is 10.5 Å². The lowest BCUT2D eigenvalue weighted by Crippen LogP contribution is -2.53. The van der Waals surface area contributed by atoms with Crippen LogP contribution in [0.25, 0.3) is 10.9 Å². The second-order valence-electron chi connectivity index (χ2n) is 8.59. The highest BCUT2D eigenvalue weighted by molar-refractivity contribution is 5.90. The Morgan fingerprint density at radius 2 is 1.78 bits per heavy atom. The van der Waals surface area contributed by atoms with Crippen LogP contribution in [0.4, 0.5) is 4.79 Å². The van der Waals surface area contributed by atoms with Crippen LogP contribution in [0.2, 0.25) is 0 Å². The molecule has 1 heterocycles. The van der Waals surface area contributed by atoms with Crippen molar-refractivity contribution in [3.05, 3.63) is 36.0 Å². The third-order valence-corrected chi connectivity index (χ3v) is 4.70. The zero-order valence-electron chi connectivity index (χ0n) is 18.7. The molecule has 0 saturated heterocycles. The van der Waals surface area contributed by atoms with Gasteiger partial charge in [0, 0.05) is 37.0 Å². The summed E-state index contributed by atoms with van der Waals surface area (Å²) in [7, 11) is 1.85. The predicted octanol–water partition coefficient (Wildman–Crippen LogP) is 1.45. The summed E-state index contributed by atoms with van der Waals surface area (Å²) in [4.78, 5) is 48.0. The van der Waals surface area contributed by atoms with Gasteiger partial charge in [-0.15, -0.1) is 0 Å². The van der Waals surface area contributed by atoms with Gasteiger partial charge in [-0.2, -0.15) is 0 Å². The fraction of sp³-hybridized carbons (Fsp3) is 0.455. The van der Waals surface area contributed by atoms with Crippen LogP contribution >= 0.6 is 0 Å². The third-order valence-electron chi connectivity index (χ3n) is 4.70. The Hall–Kier alpha value is -3.56. The van der Waals surface area contributed by atoms with E-state index in [-0.39, 0.29) is 19.3 Å². The minimum Gasteiger partial charge on any atom is -0.480 e. The van der Waals surface area contributed by atoms with Crippen molar-refractivity contribution in [1.82, 2.24) is 15.2 Å². The number of nitrogens with zero attached hydrogens (tertiary/aromatic N) is 1. The number of hydrogen-bond acceptors (Lipinski definition) is 5. The largest absolute Gasteiger partial charge is 0.480 e.